The summed E-state index contributed by atoms with van der Waals surface area (Å²) in [6.45, 7) is 8.93. The van der Waals surface area contributed by atoms with Crippen molar-refractivity contribution in [3.63, 3.8) is 0 Å². The van der Waals surface area contributed by atoms with Gasteiger partial charge in [0.2, 0.25) is 5.91 Å². The van der Waals surface area contributed by atoms with Gasteiger partial charge in [-0.1, -0.05) is 25.1 Å². The highest BCUT2D eigenvalue weighted by Crippen LogP contribution is 2.37. The van der Waals surface area contributed by atoms with Gasteiger partial charge in [0.15, 0.2) is 5.82 Å². The summed E-state index contributed by atoms with van der Waals surface area (Å²) in [5, 5.41) is 2.98. The molecule has 2 amide bonds. The molecule has 1 atom stereocenters. The third kappa shape index (κ3) is 5.08. The van der Waals surface area contributed by atoms with E-state index in [4.69, 9.17) is 10.5 Å². The first-order chi connectivity index (χ1) is 15.4. The van der Waals surface area contributed by atoms with Crippen molar-refractivity contribution >= 4 is 34.7 Å². The number of hydrogen-bond donors (Lipinski definition) is 2. The molecule has 0 aliphatic carbocycles. The number of carbonyl (C=O) groups is 2. The van der Waals surface area contributed by atoms with Gasteiger partial charge in [-0.25, -0.2) is 14.8 Å². The summed E-state index contributed by atoms with van der Waals surface area (Å²) < 4.78 is 7.34. The van der Waals surface area contributed by atoms with Crippen LogP contribution in [0.15, 0.2) is 30.6 Å². The van der Waals surface area contributed by atoms with E-state index in [9.17, 15) is 9.59 Å². The number of carbonyl (C=O) groups excluding carboxylic acids is 2. The van der Waals surface area contributed by atoms with Gasteiger partial charge in [-0.3, -0.25) is 9.69 Å². The Bertz CT molecular complexity index is 1190. The van der Waals surface area contributed by atoms with Gasteiger partial charge in [0.05, 0.1) is 23.4 Å². The first-order valence-corrected chi connectivity index (χ1v) is 10.9. The molecule has 176 valence electrons. The van der Waals surface area contributed by atoms with Gasteiger partial charge in [-0.15, -0.1) is 0 Å². The van der Waals surface area contributed by atoms with Crippen LogP contribution in [-0.4, -0.2) is 39.2 Å². The van der Waals surface area contributed by atoms with Crippen molar-refractivity contribution in [3.8, 4) is 11.1 Å². The Morgan fingerprint density at radius 3 is 2.61 bits per heavy atom. The summed E-state index contributed by atoms with van der Waals surface area (Å²) in [7, 11) is 3.45. The molecular weight excluding hydrogens is 420 g/mol. The van der Waals surface area contributed by atoms with Crippen LogP contribution in [-0.2, 0) is 16.6 Å². The summed E-state index contributed by atoms with van der Waals surface area (Å²) in [5.41, 5.74) is 9.62. The third-order valence-electron chi connectivity index (χ3n) is 5.22. The van der Waals surface area contributed by atoms with Crippen molar-refractivity contribution in [2.24, 2.45) is 7.05 Å². The molecule has 2 heterocycles. The average Bonchev–Trinajstić information content (AvgIpc) is 3.11. The van der Waals surface area contributed by atoms with Crippen LogP contribution in [0.1, 0.15) is 52.6 Å². The predicted octanol–water partition coefficient (Wildman–Crippen LogP) is 4.18. The molecule has 0 aliphatic heterocycles. The Hall–Kier alpha value is -3.62. The van der Waals surface area contributed by atoms with Crippen molar-refractivity contribution < 1.29 is 14.3 Å². The number of rotatable bonds is 5. The maximum atomic E-state index is 12.7. The fourth-order valence-corrected chi connectivity index (χ4v) is 3.75. The molecule has 0 saturated carbocycles. The van der Waals surface area contributed by atoms with Gasteiger partial charge in [0, 0.05) is 21.0 Å². The highest BCUT2D eigenvalue weighted by Gasteiger charge is 2.26. The topological polar surface area (TPSA) is 115 Å². The number of anilines is 2. The van der Waals surface area contributed by atoms with E-state index in [-0.39, 0.29) is 17.8 Å². The van der Waals surface area contributed by atoms with Gasteiger partial charge in [0.1, 0.15) is 16.9 Å². The summed E-state index contributed by atoms with van der Waals surface area (Å²) in [5.74, 6) is 0.500. The standard InChI is InChI=1S/C24H32N6O3/c1-8-17(27-14(2)31)15-10-9-11-16(12-15)18-20-19(26-13-29(20)6)22(28-21(18)25)30(7)23(32)33-24(3,4)5/h9-13,17H,8H2,1-7H3,(H2,25,28)(H,27,31). The van der Waals surface area contributed by atoms with Crippen LogP contribution in [0, 0.1) is 0 Å². The lowest BCUT2D eigenvalue weighted by Gasteiger charge is -2.25. The SMILES string of the molecule is CCC(NC(C)=O)c1cccc(-c2c(N)nc(N(C)C(=O)OC(C)(C)C)c3ncn(C)c23)c1. The zero-order valence-electron chi connectivity index (χ0n) is 20.3. The van der Waals surface area contributed by atoms with Gasteiger partial charge in [-0.05, 0) is 44.4 Å². The van der Waals surface area contributed by atoms with E-state index >= 15 is 0 Å². The van der Waals surface area contributed by atoms with Gasteiger partial charge in [-0.2, -0.15) is 0 Å². The van der Waals surface area contributed by atoms with Crippen molar-refractivity contribution in [2.75, 3.05) is 17.7 Å². The quantitative estimate of drug-likeness (QED) is 0.600. The molecule has 0 radical (unpaired) electrons. The van der Waals surface area contributed by atoms with Crippen molar-refractivity contribution in [1.29, 1.82) is 0 Å². The first kappa shape index (κ1) is 24.0. The van der Waals surface area contributed by atoms with Crippen LogP contribution in [0.2, 0.25) is 0 Å². The molecule has 9 nitrogen and oxygen atoms in total. The van der Waals surface area contributed by atoms with Crippen molar-refractivity contribution in [2.45, 2.75) is 52.7 Å². The van der Waals surface area contributed by atoms with E-state index in [0.29, 0.717) is 16.9 Å². The molecule has 0 fully saturated rings. The number of nitrogens with zero attached hydrogens (tertiary/aromatic N) is 4. The third-order valence-corrected chi connectivity index (χ3v) is 5.22. The fraction of sp³-hybridized carbons (Fsp3) is 0.417. The van der Waals surface area contributed by atoms with E-state index in [2.05, 4.69) is 15.3 Å². The highest BCUT2D eigenvalue weighted by atomic mass is 16.6. The molecule has 3 N–H and O–H groups in total. The number of pyridine rings is 1. The lowest BCUT2D eigenvalue weighted by atomic mass is 9.97. The molecule has 2 aromatic heterocycles. The zero-order chi connectivity index (χ0) is 24.5. The second-order valence-corrected chi connectivity index (χ2v) is 9.07. The normalized spacial score (nSPS) is 12.5. The second-order valence-electron chi connectivity index (χ2n) is 9.07. The van der Waals surface area contributed by atoms with E-state index < -0.39 is 11.7 Å². The summed E-state index contributed by atoms with van der Waals surface area (Å²) in [6, 6.07) is 7.73. The Kier molecular flexibility index (Phi) is 6.62. The Morgan fingerprint density at radius 2 is 2.00 bits per heavy atom. The summed E-state index contributed by atoms with van der Waals surface area (Å²) >= 11 is 0. The van der Waals surface area contributed by atoms with Gasteiger partial charge in [0.25, 0.3) is 0 Å². The fourth-order valence-electron chi connectivity index (χ4n) is 3.75. The lowest BCUT2D eigenvalue weighted by molar-refractivity contribution is -0.119. The number of imidazole rings is 1. The molecule has 3 aromatic rings. The maximum absolute atomic E-state index is 12.7. The van der Waals surface area contributed by atoms with E-state index in [1.165, 1.54) is 11.8 Å². The Balaban J connectivity index is 2.14. The smallest absolute Gasteiger partial charge is 0.415 e. The molecular formula is C24H32N6O3. The van der Waals surface area contributed by atoms with E-state index in [1.807, 2.05) is 42.8 Å². The molecule has 1 unspecified atom stereocenters. The number of nitrogens with one attached hydrogen (secondary N) is 1. The number of benzene rings is 1. The lowest BCUT2D eigenvalue weighted by Crippen LogP contribution is -2.34. The number of nitrogens with two attached hydrogens (primary N) is 1. The van der Waals surface area contributed by atoms with Crippen LogP contribution in [0.5, 0.6) is 0 Å². The van der Waals surface area contributed by atoms with Crippen LogP contribution in [0.4, 0.5) is 16.4 Å². The molecule has 0 saturated heterocycles. The minimum atomic E-state index is -0.649. The average molecular weight is 453 g/mol. The second kappa shape index (κ2) is 9.09. The number of nitrogen functional groups attached to an aromatic ring is 1. The monoisotopic (exact) mass is 452 g/mol. The molecule has 3 rings (SSSR count). The highest BCUT2D eigenvalue weighted by molar-refractivity contribution is 6.05. The molecule has 0 bridgehead atoms. The number of fused-ring (bicyclic) bond motifs is 1. The van der Waals surface area contributed by atoms with Crippen LogP contribution in [0.3, 0.4) is 0 Å². The van der Waals surface area contributed by atoms with Crippen LogP contribution >= 0.6 is 0 Å². The van der Waals surface area contributed by atoms with Crippen molar-refractivity contribution in [1.82, 2.24) is 19.9 Å². The molecule has 0 spiro atoms. The van der Waals surface area contributed by atoms with Crippen molar-refractivity contribution in [3.05, 3.63) is 36.2 Å². The zero-order valence-corrected chi connectivity index (χ0v) is 20.3. The molecule has 0 aliphatic rings. The van der Waals surface area contributed by atoms with Crippen LogP contribution < -0.4 is 16.0 Å². The Labute approximate surface area is 193 Å². The number of aryl methyl sites for hydroxylation is 1. The number of aromatic nitrogens is 3. The maximum Gasteiger partial charge on any atom is 0.415 e. The van der Waals surface area contributed by atoms with Crippen LogP contribution in [0.25, 0.3) is 22.2 Å². The summed E-state index contributed by atoms with van der Waals surface area (Å²) in [4.78, 5) is 34.7. The minimum Gasteiger partial charge on any atom is -0.443 e. The van der Waals surface area contributed by atoms with Gasteiger partial charge < -0.3 is 20.4 Å². The van der Waals surface area contributed by atoms with E-state index in [0.717, 1.165) is 23.1 Å². The Morgan fingerprint density at radius 1 is 1.30 bits per heavy atom. The summed E-state index contributed by atoms with van der Waals surface area (Å²) in [6.07, 6.45) is 1.87. The minimum absolute atomic E-state index is 0.0861. The predicted molar refractivity (Wildman–Crippen MR) is 130 cm³/mol. The number of hydrogen-bond acceptors (Lipinski definition) is 6. The van der Waals surface area contributed by atoms with Gasteiger partial charge >= 0.3 is 6.09 Å². The molecule has 9 heteroatoms. The first-order valence-electron chi connectivity index (χ1n) is 10.9. The van der Waals surface area contributed by atoms with E-state index in [1.54, 1.807) is 34.1 Å². The largest absolute Gasteiger partial charge is 0.443 e. The number of ether oxygens (including phenoxy) is 1. The number of amides is 2. The molecule has 1 aromatic carbocycles. The molecule has 33 heavy (non-hydrogen) atoms.